The van der Waals surface area contributed by atoms with Gasteiger partial charge in [0.15, 0.2) is 0 Å². The molecule has 124 valence electrons. The molecule has 2 N–H and O–H groups in total. The number of sulfone groups is 1. The van der Waals surface area contributed by atoms with E-state index in [1.54, 1.807) is 39.8 Å². The first-order valence-corrected chi connectivity index (χ1v) is 8.91. The zero-order valence-corrected chi connectivity index (χ0v) is 14.3. The van der Waals surface area contributed by atoms with Crippen LogP contribution in [0.1, 0.15) is 27.7 Å². The average molecular weight is 329 g/mol. The smallest absolute Gasteiger partial charge is 0.413 e. The fraction of sp³-hybridized carbons (Fsp3) is 0.571. The third-order valence-corrected chi connectivity index (χ3v) is 3.46. The molecule has 1 heterocycles. The highest BCUT2D eigenvalue weighted by Crippen LogP contribution is 2.13. The van der Waals surface area contributed by atoms with E-state index in [-0.39, 0.29) is 11.8 Å². The molecule has 7 nitrogen and oxygen atoms in total. The zero-order chi connectivity index (χ0) is 17.0. The molecule has 0 aliphatic carbocycles. The first kappa shape index (κ1) is 18.2. The number of pyridine rings is 1. The van der Waals surface area contributed by atoms with E-state index < -0.39 is 21.5 Å². The van der Waals surface area contributed by atoms with Crippen LogP contribution in [0, 0.1) is 0 Å². The van der Waals surface area contributed by atoms with E-state index >= 15 is 0 Å². The summed E-state index contributed by atoms with van der Waals surface area (Å²) < 4.78 is 27.5. The highest BCUT2D eigenvalue weighted by atomic mass is 32.2. The number of rotatable bonds is 5. The van der Waals surface area contributed by atoms with Gasteiger partial charge in [0, 0.05) is 12.3 Å². The van der Waals surface area contributed by atoms with Crippen molar-refractivity contribution in [1.82, 2.24) is 4.98 Å². The van der Waals surface area contributed by atoms with Gasteiger partial charge in [0.25, 0.3) is 0 Å². The normalized spacial score (nSPS) is 13.3. The molecule has 0 radical (unpaired) electrons. The fourth-order valence-electron chi connectivity index (χ4n) is 1.74. The van der Waals surface area contributed by atoms with E-state index in [2.05, 4.69) is 15.6 Å². The van der Waals surface area contributed by atoms with Gasteiger partial charge in [-0.2, -0.15) is 0 Å². The highest BCUT2D eigenvalue weighted by Gasteiger charge is 2.16. The second-order valence-corrected chi connectivity index (χ2v) is 8.38. The summed E-state index contributed by atoms with van der Waals surface area (Å²) in [7, 11) is -3.04. The Morgan fingerprint density at radius 2 is 2.00 bits per heavy atom. The molecular formula is C14H23N3O4S. The minimum Gasteiger partial charge on any atom is -0.444 e. The number of amides is 1. The number of carbonyl (C=O) groups excluding carboxylic acids is 1. The van der Waals surface area contributed by atoms with E-state index in [9.17, 15) is 13.2 Å². The Morgan fingerprint density at radius 3 is 2.45 bits per heavy atom. The molecule has 0 aliphatic rings. The van der Waals surface area contributed by atoms with Gasteiger partial charge in [0.2, 0.25) is 0 Å². The summed E-state index contributed by atoms with van der Waals surface area (Å²) in [6.07, 6.45) is 2.13. The molecule has 1 unspecified atom stereocenters. The molecule has 1 aromatic rings. The van der Waals surface area contributed by atoms with Crippen LogP contribution in [0.2, 0.25) is 0 Å². The van der Waals surface area contributed by atoms with Gasteiger partial charge in [0.1, 0.15) is 21.3 Å². The summed E-state index contributed by atoms with van der Waals surface area (Å²) >= 11 is 0. The molecule has 22 heavy (non-hydrogen) atoms. The maximum Gasteiger partial charge on any atom is 0.413 e. The molecule has 0 saturated carbocycles. The first-order valence-electron chi connectivity index (χ1n) is 6.85. The summed E-state index contributed by atoms with van der Waals surface area (Å²) in [5.41, 5.74) is 0.0954. The molecule has 0 aromatic carbocycles. The second kappa shape index (κ2) is 6.95. The predicted octanol–water partition coefficient (Wildman–Crippen LogP) is 2.27. The maximum atomic E-state index is 11.6. The monoisotopic (exact) mass is 329 g/mol. The van der Waals surface area contributed by atoms with Gasteiger partial charge in [-0.1, -0.05) is 0 Å². The average Bonchev–Trinajstić information content (AvgIpc) is 2.26. The summed E-state index contributed by atoms with van der Waals surface area (Å²) in [6, 6.07) is 3.08. The summed E-state index contributed by atoms with van der Waals surface area (Å²) in [6.45, 7) is 7.09. The molecule has 1 amide bonds. The van der Waals surface area contributed by atoms with Crippen molar-refractivity contribution in [1.29, 1.82) is 0 Å². The Labute approximate surface area is 131 Å². The van der Waals surface area contributed by atoms with E-state index in [1.165, 1.54) is 12.5 Å². The molecule has 8 heteroatoms. The van der Waals surface area contributed by atoms with Gasteiger partial charge >= 0.3 is 6.09 Å². The number of aromatic nitrogens is 1. The van der Waals surface area contributed by atoms with Gasteiger partial charge in [-0.15, -0.1) is 0 Å². The van der Waals surface area contributed by atoms with Crippen molar-refractivity contribution in [3.63, 3.8) is 0 Å². The fourth-order valence-corrected chi connectivity index (χ4v) is 2.73. The topological polar surface area (TPSA) is 97.4 Å². The molecule has 0 bridgehead atoms. The van der Waals surface area contributed by atoms with Crippen LogP contribution >= 0.6 is 0 Å². The number of ether oxygens (including phenoxy) is 1. The van der Waals surface area contributed by atoms with Crippen LogP contribution in [-0.2, 0) is 14.6 Å². The molecule has 1 rings (SSSR count). The van der Waals surface area contributed by atoms with Crippen molar-refractivity contribution in [3.05, 3.63) is 18.3 Å². The Balaban J connectivity index is 2.58. The molecule has 0 aliphatic heterocycles. The minimum atomic E-state index is -3.04. The van der Waals surface area contributed by atoms with Crippen LogP contribution in [0.3, 0.4) is 0 Å². The Kier molecular flexibility index (Phi) is 5.76. The molecule has 1 aromatic heterocycles. The minimum absolute atomic E-state index is 0.0326. The quantitative estimate of drug-likeness (QED) is 0.860. The number of nitrogens with zero attached hydrogens (tertiary/aromatic N) is 1. The number of nitrogens with one attached hydrogen (secondary N) is 2. The lowest BCUT2D eigenvalue weighted by Crippen LogP contribution is -2.27. The van der Waals surface area contributed by atoms with Crippen LogP contribution in [0.5, 0.6) is 0 Å². The number of hydrogen-bond donors (Lipinski definition) is 2. The number of anilines is 2. The zero-order valence-electron chi connectivity index (χ0n) is 13.5. The van der Waals surface area contributed by atoms with Crippen LogP contribution in [0.15, 0.2) is 18.3 Å². The summed E-state index contributed by atoms with van der Waals surface area (Å²) in [4.78, 5) is 15.7. The predicted molar refractivity (Wildman–Crippen MR) is 86.9 cm³/mol. The van der Waals surface area contributed by atoms with Crippen molar-refractivity contribution in [3.8, 4) is 0 Å². The largest absolute Gasteiger partial charge is 0.444 e. The Bertz CT molecular complexity index is 606. The summed E-state index contributed by atoms with van der Waals surface area (Å²) in [5, 5.41) is 5.55. The van der Waals surface area contributed by atoms with Crippen LogP contribution in [0.4, 0.5) is 16.3 Å². The lowest BCUT2D eigenvalue weighted by atomic mass is 10.2. The van der Waals surface area contributed by atoms with Crippen molar-refractivity contribution < 1.29 is 17.9 Å². The van der Waals surface area contributed by atoms with Crippen LogP contribution in [0.25, 0.3) is 0 Å². The lowest BCUT2D eigenvalue weighted by molar-refractivity contribution is 0.0635. The van der Waals surface area contributed by atoms with E-state index in [1.807, 2.05) is 0 Å². The van der Waals surface area contributed by atoms with E-state index in [0.717, 1.165) is 0 Å². The lowest BCUT2D eigenvalue weighted by Gasteiger charge is -2.19. The van der Waals surface area contributed by atoms with Gasteiger partial charge in [0.05, 0.1) is 17.6 Å². The van der Waals surface area contributed by atoms with Gasteiger partial charge < -0.3 is 10.1 Å². The third-order valence-electron chi connectivity index (χ3n) is 2.36. The van der Waals surface area contributed by atoms with Crippen molar-refractivity contribution >= 4 is 27.4 Å². The van der Waals surface area contributed by atoms with Gasteiger partial charge in [-0.05, 0) is 39.8 Å². The SMILES string of the molecule is CC(CS(C)(=O)=O)Nc1ccc(NC(=O)OC(C)(C)C)nc1. The molecule has 1 atom stereocenters. The van der Waals surface area contributed by atoms with E-state index in [4.69, 9.17) is 4.74 Å². The molecule has 0 saturated heterocycles. The number of hydrogen-bond acceptors (Lipinski definition) is 6. The first-order chi connectivity index (χ1) is 9.94. The Hall–Kier alpha value is -1.83. The van der Waals surface area contributed by atoms with Crippen LogP contribution in [-0.4, -0.2) is 43.1 Å². The van der Waals surface area contributed by atoms with Gasteiger partial charge in [-0.25, -0.2) is 18.2 Å². The third kappa shape index (κ3) is 7.82. The van der Waals surface area contributed by atoms with Crippen LogP contribution < -0.4 is 10.6 Å². The summed E-state index contributed by atoms with van der Waals surface area (Å²) in [5.74, 6) is 0.390. The van der Waals surface area contributed by atoms with Crippen molar-refractivity contribution in [2.24, 2.45) is 0 Å². The number of carbonyl (C=O) groups is 1. The standard InChI is InChI=1S/C14H23N3O4S/c1-10(9-22(5,19)20)16-11-6-7-12(15-8-11)17-13(18)21-14(2,3)4/h6-8,10,16H,9H2,1-5H3,(H,15,17,18). The Morgan fingerprint density at radius 1 is 1.36 bits per heavy atom. The van der Waals surface area contributed by atoms with Crippen molar-refractivity contribution in [2.75, 3.05) is 22.6 Å². The highest BCUT2D eigenvalue weighted by molar-refractivity contribution is 7.90. The van der Waals surface area contributed by atoms with E-state index in [0.29, 0.717) is 11.5 Å². The second-order valence-electron chi connectivity index (χ2n) is 6.20. The maximum absolute atomic E-state index is 11.6. The van der Waals surface area contributed by atoms with Crippen molar-refractivity contribution in [2.45, 2.75) is 39.3 Å². The molecular weight excluding hydrogens is 306 g/mol. The van der Waals surface area contributed by atoms with Gasteiger partial charge in [-0.3, -0.25) is 5.32 Å². The molecule has 0 fully saturated rings. The molecule has 0 spiro atoms.